The second kappa shape index (κ2) is 5.84. The van der Waals surface area contributed by atoms with Crippen molar-refractivity contribution in [3.8, 4) is 0 Å². The van der Waals surface area contributed by atoms with Crippen molar-refractivity contribution in [1.29, 1.82) is 0 Å². The highest BCUT2D eigenvalue weighted by Crippen LogP contribution is 2.15. The number of hydrogen-bond donors (Lipinski definition) is 1. The lowest BCUT2D eigenvalue weighted by molar-refractivity contribution is 0.243. The summed E-state index contributed by atoms with van der Waals surface area (Å²) in [6.45, 7) is 6.13. The molecule has 1 atom stereocenters. The summed E-state index contributed by atoms with van der Waals surface area (Å²) in [6, 6.07) is 5.29. The molecule has 5 heteroatoms. The van der Waals surface area contributed by atoms with Crippen molar-refractivity contribution in [2.24, 2.45) is 0 Å². The molecule has 0 spiro atoms. The fourth-order valence-corrected chi connectivity index (χ4v) is 2.45. The summed E-state index contributed by atoms with van der Waals surface area (Å²) in [6.07, 6.45) is 1.13. The van der Waals surface area contributed by atoms with Gasteiger partial charge in [-0.05, 0) is 50.8 Å². The average Bonchev–Trinajstić information content (AvgIpc) is 2.69. The molecule has 2 aromatic rings. The van der Waals surface area contributed by atoms with Gasteiger partial charge in [0.1, 0.15) is 5.82 Å². The first-order valence-electron chi connectivity index (χ1n) is 6.61. The zero-order valence-electron chi connectivity index (χ0n) is 11.6. The molecule has 0 radical (unpaired) electrons. The van der Waals surface area contributed by atoms with Gasteiger partial charge in [-0.15, -0.1) is 0 Å². The highest BCUT2D eigenvalue weighted by Gasteiger charge is 2.09. The van der Waals surface area contributed by atoms with Gasteiger partial charge in [0.05, 0.1) is 11.0 Å². The van der Waals surface area contributed by atoms with Crippen LogP contribution in [0.5, 0.6) is 0 Å². The Morgan fingerprint density at radius 2 is 2.21 bits per heavy atom. The van der Waals surface area contributed by atoms with E-state index in [4.69, 9.17) is 12.2 Å². The number of imidazole rings is 1. The smallest absolute Gasteiger partial charge is 0.178 e. The van der Waals surface area contributed by atoms with E-state index in [1.807, 2.05) is 4.57 Å². The Morgan fingerprint density at radius 3 is 2.89 bits per heavy atom. The predicted molar refractivity (Wildman–Crippen MR) is 79.5 cm³/mol. The van der Waals surface area contributed by atoms with Crippen molar-refractivity contribution < 1.29 is 4.39 Å². The van der Waals surface area contributed by atoms with Crippen LogP contribution in [-0.2, 0) is 6.54 Å². The van der Waals surface area contributed by atoms with E-state index in [9.17, 15) is 4.39 Å². The minimum atomic E-state index is -0.243. The van der Waals surface area contributed by atoms with Crippen LogP contribution in [-0.4, -0.2) is 34.1 Å². The van der Waals surface area contributed by atoms with Gasteiger partial charge in [-0.25, -0.2) is 4.39 Å². The molecule has 0 aliphatic rings. The van der Waals surface area contributed by atoms with Gasteiger partial charge in [0.2, 0.25) is 0 Å². The second-order valence-electron chi connectivity index (χ2n) is 4.98. The summed E-state index contributed by atoms with van der Waals surface area (Å²) in [5, 5.41) is 0. The van der Waals surface area contributed by atoms with Crippen LogP contribution >= 0.6 is 12.2 Å². The molecule has 0 fully saturated rings. The molecule has 19 heavy (non-hydrogen) atoms. The maximum Gasteiger partial charge on any atom is 0.178 e. The van der Waals surface area contributed by atoms with E-state index in [2.05, 4.69) is 30.8 Å². The minimum absolute atomic E-state index is 0.243. The number of benzene rings is 1. The van der Waals surface area contributed by atoms with Crippen molar-refractivity contribution in [3.63, 3.8) is 0 Å². The van der Waals surface area contributed by atoms with Crippen molar-refractivity contribution in [2.45, 2.75) is 32.9 Å². The first-order chi connectivity index (χ1) is 9.02. The normalized spacial score (nSPS) is 13.3. The van der Waals surface area contributed by atoms with Crippen LogP contribution < -0.4 is 0 Å². The minimum Gasteiger partial charge on any atom is -0.330 e. The number of aromatic nitrogens is 2. The Bertz CT molecular complexity index is 617. The predicted octanol–water partition coefficient (Wildman–Crippen LogP) is 3.57. The molecule has 0 amide bonds. The first kappa shape index (κ1) is 14.2. The van der Waals surface area contributed by atoms with Gasteiger partial charge in [-0.2, -0.15) is 0 Å². The molecule has 1 aromatic heterocycles. The molecule has 1 heterocycles. The molecule has 1 unspecified atom stereocenters. The molecule has 0 bridgehead atoms. The van der Waals surface area contributed by atoms with E-state index in [1.165, 1.54) is 12.1 Å². The standard InChI is InChI=1S/C14H20FN3S/c1-4-10(2)17(3)7-8-18-13-6-5-11(15)9-12(13)16-14(18)19/h5-6,9-10H,4,7-8H2,1-3H3,(H,16,19). The Hall–Kier alpha value is -1.20. The molecule has 3 nitrogen and oxygen atoms in total. The maximum atomic E-state index is 13.2. The third-order valence-electron chi connectivity index (χ3n) is 3.76. The molecule has 0 saturated heterocycles. The van der Waals surface area contributed by atoms with Crippen LogP contribution in [0.1, 0.15) is 20.3 Å². The summed E-state index contributed by atoms with van der Waals surface area (Å²) in [7, 11) is 2.12. The molecule has 2 rings (SSSR count). The molecular weight excluding hydrogens is 261 g/mol. The van der Waals surface area contributed by atoms with E-state index in [0.717, 1.165) is 30.5 Å². The van der Waals surface area contributed by atoms with Gasteiger partial charge < -0.3 is 14.5 Å². The van der Waals surface area contributed by atoms with E-state index in [-0.39, 0.29) is 5.82 Å². The van der Waals surface area contributed by atoms with Crippen LogP contribution in [0.15, 0.2) is 18.2 Å². The lowest BCUT2D eigenvalue weighted by Gasteiger charge is -2.23. The highest BCUT2D eigenvalue weighted by molar-refractivity contribution is 7.71. The molecule has 0 aliphatic carbocycles. The number of hydrogen-bond acceptors (Lipinski definition) is 2. The van der Waals surface area contributed by atoms with Gasteiger partial charge in [0.25, 0.3) is 0 Å². The molecule has 0 aliphatic heterocycles. The fourth-order valence-electron chi connectivity index (χ4n) is 2.15. The van der Waals surface area contributed by atoms with Gasteiger partial charge in [0, 0.05) is 19.1 Å². The number of nitrogens with zero attached hydrogens (tertiary/aromatic N) is 2. The monoisotopic (exact) mass is 281 g/mol. The third kappa shape index (κ3) is 3.04. The van der Waals surface area contributed by atoms with Crippen LogP contribution in [0.4, 0.5) is 4.39 Å². The largest absolute Gasteiger partial charge is 0.330 e. The Kier molecular flexibility index (Phi) is 4.37. The number of nitrogens with one attached hydrogen (secondary N) is 1. The maximum absolute atomic E-state index is 13.2. The van der Waals surface area contributed by atoms with Crippen LogP contribution in [0.3, 0.4) is 0 Å². The molecular formula is C14H20FN3S. The van der Waals surface area contributed by atoms with Gasteiger partial charge in [0.15, 0.2) is 4.77 Å². The van der Waals surface area contributed by atoms with E-state index in [0.29, 0.717) is 10.8 Å². The number of H-pyrrole nitrogens is 1. The van der Waals surface area contributed by atoms with Crippen molar-refractivity contribution in [3.05, 3.63) is 28.8 Å². The van der Waals surface area contributed by atoms with Gasteiger partial charge in [-0.3, -0.25) is 0 Å². The summed E-state index contributed by atoms with van der Waals surface area (Å²) >= 11 is 5.31. The number of fused-ring (bicyclic) bond motifs is 1. The number of aromatic amines is 1. The lowest BCUT2D eigenvalue weighted by atomic mass is 10.2. The van der Waals surface area contributed by atoms with Crippen LogP contribution in [0, 0.1) is 10.6 Å². The molecule has 104 valence electrons. The summed E-state index contributed by atoms with van der Waals surface area (Å²) in [5.41, 5.74) is 1.72. The quantitative estimate of drug-likeness (QED) is 0.847. The Labute approximate surface area is 118 Å². The van der Waals surface area contributed by atoms with Crippen LogP contribution in [0.25, 0.3) is 11.0 Å². The van der Waals surface area contributed by atoms with Crippen molar-refractivity contribution in [1.82, 2.24) is 14.5 Å². The Morgan fingerprint density at radius 1 is 1.47 bits per heavy atom. The number of halogens is 1. The van der Waals surface area contributed by atoms with Gasteiger partial charge in [-0.1, -0.05) is 6.92 Å². The SMILES string of the molecule is CCC(C)N(C)CCn1c(=S)[nH]c2cc(F)ccc21. The first-order valence-corrected chi connectivity index (χ1v) is 7.02. The number of rotatable bonds is 5. The third-order valence-corrected chi connectivity index (χ3v) is 4.08. The average molecular weight is 281 g/mol. The highest BCUT2D eigenvalue weighted by atomic mass is 32.1. The van der Waals surface area contributed by atoms with Crippen LogP contribution in [0.2, 0.25) is 0 Å². The topological polar surface area (TPSA) is 24.0 Å². The van der Waals surface area contributed by atoms with E-state index >= 15 is 0 Å². The zero-order chi connectivity index (χ0) is 14.0. The lowest BCUT2D eigenvalue weighted by Crippen LogP contribution is -2.31. The second-order valence-corrected chi connectivity index (χ2v) is 5.37. The van der Waals surface area contributed by atoms with Crippen molar-refractivity contribution >= 4 is 23.3 Å². The summed E-state index contributed by atoms with van der Waals surface area (Å²) in [5.74, 6) is -0.243. The summed E-state index contributed by atoms with van der Waals surface area (Å²) < 4.78 is 15.9. The molecule has 0 saturated carbocycles. The van der Waals surface area contributed by atoms with Gasteiger partial charge >= 0.3 is 0 Å². The van der Waals surface area contributed by atoms with E-state index < -0.39 is 0 Å². The van der Waals surface area contributed by atoms with E-state index in [1.54, 1.807) is 6.07 Å². The fraction of sp³-hybridized carbons (Fsp3) is 0.500. The Balaban J connectivity index is 2.21. The van der Waals surface area contributed by atoms with Crippen molar-refractivity contribution in [2.75, 3.05) is 13.6 Å². The molecule has 1 N–H and O–H groups in total. The summed E-state index contributed by atoms with van der Waals surface area (Å²) in [4.78, 5) is 5.36. The molecule has 1 aromatic carbocycles. The number of likely N-dealkylation sites (N-methyl/N-ethyl adjacent to an activating group) is 1. The zero-order valence-corrected chi connectivity index (χ0v) is 12.4.